The van der Waals surface area contributed by atoms with Crippen molar-refractivity contribution in [2.24, 2.45) is 0 Å². The molecule has 4 heteroatoms. The molecule has 0 atom stereocenters. The average molecular weight is 368 g/mol. The fourth-order valence-electron chi connectivity index (χ4n) is 2.11. The van der Waals surface area contributed by atoms with Crippen LogP contribution < -0.4 is 4.74 Å². The van der Waals surface area contributed by atoms with Crippen molar-refractivity contribution in [3.8, 4) is 15.6 Å². The number of ether oxygens (including phenoxy) is 1. The Labute approximate surface area is 139 Å². The molecule has 0 aliphatic carbocycles. The van der Waals surface area contributed by atoms with E-state index in [9.17, 15) is 0 Å². The second-order valence-corrected chi connectivity index (χ2v) is 7.02. The van der Waals surface area contributed by atoms with E-state index in [0.29, 0.717) is 0 Å². The van der Waals surface area contributed by atoms with E-state index in [0.717, 1.165) is 33.1 Å². The normalized spacial score (nSPS) is 10.8. The summed E-state index contributed by atoms with van der Waals surface area (Å²) in [5, 5.41) is 1.93. The molecule has 114 valence electrons. The highest BCUT2D eigenvalue weighted by atomic mass is 79.9. The molecule has 1 heterocycles. The number of rotatable bonds is 9. The Morgan fingerprint density at radius 2 is 1.76 bits per heavy atom. The van der Waals surface area contributed by atoms with Crippen LogP contribution in [-0.2, 0) is 0 Å². The van der Waals surface area contributed by atoms with Gasteiger partial charge >= 0.3 is 0 Å². The molecule has 0 fully saturated rings. The van der Waals surface area contributed by atoms with Crippen molar-refractivity contribution < 1.29 is 4.74 Å². The number of aromatic nitrogens is 1. The number of thiazole rings is 1. The second kappa shape index (κ2) is 9.21. The fourth-order valence-corrected chi connectivity index (χ4v) is 3.17. The Bertz CT molecular complexity index is 524. The number of hydrogen-bond acceptors (Lipinski definition) is 3. The zero-order chi connectivity index (χ0) is 14.9. The van der Waals surface area contributed by atoms with Crippen molar-refractivity contribution in [3.05, 3.63) is 34.9 Å². The molecule has 0 unspecified atom stereocenters. The number of hydrogen-bond donors (Lipinski definition) is 0. The largest absolute Gasteiger partial charge is 0.483 e. The molecular weight excluding hydrogens is 346 g/mol. The summed E-state index contributed by atoms with van der Waals surface area (Å²) in [7, 11) is 0. The predicted octanol–water partition coefficient (Wildman–Crippen LogP) is 6.31. The highest BCUT2D eigenvalue weighted by Crippen LogP contribution is 2.30. The van der Waals surface area contributed by atoms with E-state index in [1.165, 1.54) is 32.1 Å². The molecule has 21 heavy (non-hydrogen) atoms. The Hall–Kier alpha value is -0.870. The van der Waals surface area contributed by atoms with E-state index in [1.54, 1.807) is 11.3 Å². The summed E-state index contributed by atoms with van der Waals surface area (Å²) >= 11 is 5.06. The van der Waals surface area contributed by atoms with Crippen molar-refractivity contribution in [2.75, 3.05) is 6.61 Å². The van der Waals surface area contributed by atoms with E-state index in [-0.39, 0.29) is 0 Å². The lowest BCUT2D eigenvalue weighted by molar-refractivity contribution is 0.312. The molecule has 2 rings (SSSR count). The van der Waals surface area contributed by atoms with Gasteiger partial charge in [0.2, 0.25) is 0 Å². The summed E-state index contributed by atoms with van der Waals surface area (Å²) in [6.45, 7) is 3.05. The van der Waals surface area contributed by atoms with E-state index < -0.39 is 0 Å². The van der Waals surface area contributed by atoms with Crippen molar-refractivity contribution >= 4 is 27.3 Å². The van der Waals surface area contributed by atoms with Crippen molar-refractivity contribution in [2.45, 2.75) is 45.4 Å². The first kappa shape index (κ1) is 16.5. The van der Waals surface area contributed by atoms with Crippen LogP contribution in [0.15, 0.2) is 34.9 Å². The molecule has 0 aliphatic heterocycles. The summed E-state index contributed by atoms with van der Waals surface area (Å²) < 4.78 is 6.87. The summed E-state index contributed by atoms with van der Waals surface area (Å²) in [6, 6.07) is 8.21. The molecule has 2 nitrogen and oxygen atoms in total. The Balaban J connectivity index is 1.72. The summed E-state index contributed by atoms with van der Waals surface area (Å²) in [5.41, 5.74) is 1.14. The Morgan fingerprint density at radius 3 is 2.52 bits per heavy atom. The molecule has 0 saturated carbocycles. The quantitative estimate of drug-likeness (QED) is 0.484. The van der Waals surface area contributed by atoms with Gasteiger partial charge in [-0.2, -0.15) is 0 Å². The van der Waals surface area contributed by atoms with Gasteiger partial charge in [-0.15, -0.1) is 0 Å². The van der Waals surface area contributed by atoms with Crippen LogP contribution in [0.25, 0.3) is 10.6 Å². The summed E-state index contributed by atoms with van der Waals surface area (Å²) in [6.07, 6.45) is 9.56. The van der Waals surface area contributed by atoms with Crippen LogP contribution in [0.2, 0.25) is 0 Å². The molecule has 0 spiro atoms. The molecule has 0 amide bonds. The van der Waals surface area contributed by atoms with E-state index in [4.69, 9.17) is 4.74 Å². The molecule has 0 saturated heterocycles. The summed E-state index contributed by atoms with van der Waals surface area (Å²) in [5.74, 6) is 0. The van der Waals surface area contributed by atoms with Gasteiger partial charge in [0.15, 0.2) is 5.06 Å². The van der Waals surface area contributed by atoms with Crippen LogP contribution >= 0.6 is 27.3 Å². The van der Waals surface area contributed by atoms with Crippen LogP contribution in [0, 0.1) is 0 Å². The van der Waals surface area contributed by atoms with Crippen LogP contribution in [0.3, 0.4) is 0 Å². The first-order valence-electron chi connectivity index (χ1n) is 7.64. The maximum absolute atomic E-state index is 5.79. The summed E-state index contributed by atoms with van der Waals surface area (Å²) in [4.78, 5) is 4.43. The monoisotopic (exact) mass is 367 g/mol. The number of nitrogens with zero attached hydrogens (tertiary/aromatic N) is 1. The third kappa shape index (κ3) is 5.79. The lowest BCUT2D eigenvalue weighted by Gasteiger charge is -2.02. The van der Waals surface area contributed by atoms with E-state index >= 15 is 0 Å². The van der Waals surface area contributed by atoms with Gasteiger partial charge in [0.05, 0.1) is 12.8 Å². The zero-order valence-electron chi connectivity index (χ0n) is 12.5. The van der Waals surface area contributed by atoms with Gasteiger partial charge in [0, 0.05) is 10.0 Å². The van der Waals surface area contributed by atoms with Gasteiger partial charge in [-0.05, 0) is 18.6 Å². The van der Waals surface area contributed by atoms with Crippen molar-refractivity contribution in [1.82, 2.24) is 4.98 Å². The van der Waals surface area contributed by atoms with Gasteiger partial charge in [0.25, 0.3) is 0 Å². The van der Waals surface area contributed by atoms with Gasteiger partial charge in [-0.1, -0.05) is 78.4 Å². The number of unbranched alkanes of at least 4 members (excludes halogenated alkanes) is 5. The van der Waals surface area contributed by atoms with Gasteiger partial charge in [0.1, 0.15) is 5.01 Å². The number of halogens is 1. The highest BCUT2D eigenvalue weighted by molar-refractivity contribution is 9.10. The molecular formula is C17H22BrNOS. The molecule has 0 bridgehead atoms. The van der Waals surface area contributed by atoms with Gasteiger partial charge in [-0.3, -0.25) is 0 Å². The predicted molar refractivity (Wildman–Crippen MR) is 94.1 cm³/mol. The third-order valence-electron chi connectivity index (χ3n) is 3.32. The lowest BCUT2D eigenvalue weighted by atomic mass is 10.1. The standard InChI is InChI=1S/C17H22BrNOS/c1-2-3-4-5-6-7-12-20-16-13-19-17(21-16)14-8-10-15(18)11-9-14/h8-11,13H,2-7,12H2,1H3. The fraction of sp³-hybridized carbons (Fsp3) is 0.471. The molecule has 2 aromatic rings. The molecule has 0 N–H and O–H groups in total. The maximum Gasteiger partial charge on any atom is 0.194 e. The van der Waals surface area contributed by atoms with E-state index in [1.807, 2.05) is 18.3 Å². The molecule has 1 aromatic carbocycles. The van der Waals surface area contributed by atoms with Crippen molar-refractivity contribution in [3.63, 3.8) is 0 Å². The highest BCUT2D eigenvalue weighted by Gasteiger charge is 2.05. The van der Waals surface area contributed by atoms with Crippen LogP contribution in [0.4, 0.5) is 0 Å². The number of benzene rings is 1. The SMILES string of the molecule is CCCCCCCCOc1cnc(-c2ccc(Br)cc2)s1. The molecule has 1 aromatic heterocycles. The first-order chi connectivity index (χ1) is 10.3. The minimum atomic E-state index is 0.800. The third-order valence-corrected chi connectivity index (χ3v) is 4.81. The smallest absolute Gasteiger partial charge is 0.194 e. The minimum Gasteiger partial charge on any atom is -0.483 e. The van der Waals surface area contributed by atoms with Crippen LogP contribution in [0.1, 0.15) is 45.4 Å². The van der Waals surface area contributed by atoms with Crippen LogP contribution in [-0.4, -0.2) is 11.6 Å². The first-order valence-corrected chi connectivity index (χ1v) is 9.25. The van der Waals surface area contributed by atoms with Crippen molar-refractivity contribution in [1.29, 1.82) is 0 Å². The topological polar surface area (TPSA) is 22.1 Å². The zero-order valence-corrected chi connectivity index (χ0v) is 14.9. The van der Waals surface area contributed by atoms with E-state index in [2.05, 4.69) is 40.0 Å². The Morgan fingerprint density at radius 1 is 1.05 bits per heavy atom. The van der Waals surface area contributed by atoms with Gasteiger partial charge < -0.3 is 4.74 Å². The van der Waals surface area contributed by atoms with Gasteiger partial charge in [-0.25, -0.2) is 4.98 Å². The Kier molecular flexibility index (Phi) is 7.24. The molecule has 0 aliphatic rings. The maximum atomic E-state index is 5.79. The lowest BCUT2D eigenvalue weighted by Crippen LogP contribution is -1.95. The molecule has 0 radical (unpaired) electrons. The minimum absolute atomic E-state index is 0.800. The van der Waals surface area contributed by atoms with Crippen LogP contribution in [0.5, 0.6) is 5.06 Å². The second-order valence-electron chi connectivity index (χ2n) is 5.11. The average Bonchev–Trinajstić information content (AvgIpc) is 2.96.